The van der Waals surface area contributed by atoms with Crippen LogP contribution in [0.2, 0.25) is 0 Å². The first-order valence-electron chi connectivity index (χ1n) is 10.1. The van der Waals surface area contributed by atoms with E-state index < -0.39 is 0 Å². The lowest BCUT2D eigenvalue weighted by atomic mass is 10.2. The smallest absolute Gasteiger partial charge is 0.218 e. The summed E-state index contributed by atoms with van der Waals surface area (Å²) >= 11 is 0. The van der Waals surface area contributed by atoms with Crippen LogP contribution in [0, 0.1) is 0 Å². The van der Waals surface area contributed by atoms with E-state index in [2.05, 4.69) is 20.6 Å². The molecule has 7 nitrogen and oxygen atoms in total. The number of hydrogen-bond donors (Lipinski definition) is 2. The van der Waals surface area contributed by atoms with Crippen molar-refractivity contribution in [2.45, 2.75) is 45.3 Å². The predicted molar refractivity (Wildman–Crippen MR) is 131 cm³/mol. The number of rotatable bonds is 8. The van der Waals surface area contributed by atoms with E-state index >= 15 is 0 Å². The number of nitrogens with one attached hydrogen (secondary N) is 2. The van der Waals surface area contributed by atoms with Crippen molar-refractivity contribution >= 4 is 35.6 Å². The van der Waals surface area contributed by atoms with Gasteiger partial charge in [0.1, 0.15) is 6.10 Å². The summed E-state index contributed by atoms with van der Waals surface area (Å²) in [5, 5.41) is 6.60. The highest BCUT2D eigenvalue weighted by atomic mass is 127. The molecule has 8 heteroatoms. The number of guanidine groups is 1. The fourth-order valence-electron chi connectivity index (χ4n) is 3.34. The van der Waals surface area contributed by atoms with Gasteiger partial charge in [0, 0.05) is 37.1 Å². The van der Waals surface area contributed by atoms with Crippen molar-refractivity contribution in [3.8, 4) is 17.4 Å². The highest BCUT2D eigenvalue weighted by molar-refractivity contribution is 14.0. The van der Waals surface area contributed by atoms with E-state index in [1.165, 1.54) is 12.8 Å². The Morgan fingerprint density at radius 1 is 1.20 bits per heavy atom. The maximum Gasteiger partial charge on any atom is 0.218 e. The summed E-state index contributed by atoms with van der Waals surface area (Å²) in [5.41, 5.74) is 1.86. The quantitative estimate of drug-likeness (QED) is 0.297. The third kappa shape index (κ3) is 6.65. The van der Waals surface area contributed by atoms with Gasteiger partial charge >= 0.3 is 0 Å². The second-order valence-electron chi connectivity index (χ2n) is 6.84. The number of ether oxygens (including phenoxy) is 3. The lowest BCUT2D eigenvalue weighted by Gasteiger charge is -2.17. The van der Waals surface area contributed by atoms with Crippen molar-refractivity contribution in [3.63, 3.8) is 0 Å². The Morgan fingerprint density at radius 2 is 2.00 bits per heavy atom. The summed E-state index contributed by atoms with van der Waals surface area (Å²) in [6, 6.07) is 9.64. The maximum absolute atomic E-state index is 6.12. The fraction of sp³-hybridized carbons (Fsp3) is 0.455. The Morgan fingerprint density at radius 3 is 2.70 bits per heavy atom. The average Bonchev–Trinajstić information content (AvgIpc) is 3.26. The van der Waals surface area contributed by atoms with Crippen molar-refractivity contribution in [3.05, 3.63) is 42.1 Å². The van der Waals surface area contributed by atoms with Gasteiger partial charge in [-0.05, 0) is 50.8 Å². The van der Waals surface area contributed by atoms with Crippen molar-refractivity contribution in [1.29, 1.82) is 0 Å². The summed E-state index contributed by atoms with van der Waals surface area (Å²) in [4.78, 5) is 8.73. The van der Waals surface area contributed by atoms with E-state index in [4.69, 9.17) is 14.2 Å². The average molecular weight is 526 g/mol. The van der Waals surface area contributed by atoms with Crippen LogP contribution in [0.5, 0.6) is 17.4 Å². The minimum Gasteiger partial charge on any atom is -0.493 e. The minimum atomic E-state index is 0. The second-order valence-corrected chi connectivity index (χ2v) is 6.84. The van der Waals surface area contributed by atoms with Crippen LogP contribution >= 0.6 is 24.0 Å². The number of methoxy groups -OCH3 is 1. The Bertz CT molecular complexity index is 826. The molecular formula is C22H31IN4O3. The second kappa shape index (κ2) is 12.5. The molecule has 1 heterocycles. The Kier molecular flexibility index (Phi) is 9.99. The highest BCUT2D eigenvalue weighted by Gasteiger charge is 2.18. The lowest BCUT2D eigenvalue weighted by molar-refractivity contribution is 0.199. The molecular weight excluding hydrogens is 495 g/mol. The number of halogens is 1. The van der Waals surface area contributed by atoms with Crippen LogP contribution in [0.25, 0.3) is 0 Å². The molecule has 3 rings (SSSR count). The summed E-state index contributed by atoms with van der Waals surface area (Å²) in [7, 11) is 3.36. The normalized spacial score (nSPS) is 14.0. The molecule has 0 atom stereocenters. The van der Waals surface area contributed by atoms with E-state index in [0.717, 1.165) is 24.1 Å². The Hall–Kier alpha value is -2.23. The standard InChI is InChI=1S/C22H30N4O3.HI/c1-4-28-19-12-11-17(14-20(19)27-3)26-22(23-2)25-15-16-8-7-13-24-21(16)29-18-9-5-6-10-18;/h7-8,11-14,18H,4-6,9-10,15H2,1-3H3,(H2,23,25,26);1H. The van der Waals surface area contributed by atoms with Crippen LogP contribution in [-0.4, -0.2) is 37.8 Å². The summed E-state index contributed by atoms with van der Waals surface area (Å²) in [6.45, 7) is 3.09. The molecule has 1 aromatic carbocycles. The van der Waals surface area contributed by atoms with Crippen LogP contribution < -0.4 is 24.8 Å². The number of aromatic nitrogens is 1. The van der Waals surface area contributed by atoms with Gasteiger partial charge in [0.2, 0.25) is 5.88 Å². The largest absolute Gasteiger partial charge is 0.493 e. The fourth-order valence-corrected chi connectivity index (χ4v) is 3.34. The zero-order chi connectivity index (χ0) is 20.5. The SMILES string of the molecule is CCOc1ccc(NC(=NC)NCc2cccnc2OC2CCCC2)cc1OC.I. The van der Waals surface area contributed by atoms with E-state index in [-0.39, 0.29) is 30.1 Å². The zero-order valence-electron chi connectivity index (χ0n) is 17.8. The minimum absolute atomic E-state index is 0. The van der Waals surface area contributed by atoms with E-state index in [1.54, 1.807) is 20.4 Å². The predicted octanol–water partition coefficient (Wildman–Crippen LogP) is 4.62. The molecule has 164 valence electrons. The van der Waals surface area contributed by atoms with E-state index in [1.807, 2.05) is 37.3 Å². The van der Waals surface area contributed by atoms with Crippen molar-refractivity contribution in [1.82, 2.24) is 10.3 Å². The summed E-state index contributed by atoms with van der Waals surface area (Å²) in [5.74, 6) is 2.73. The molecule has 2 aromatic rings. The Labute approximate surface area is 195 Å². The van der Waals surface area contributed by atoms with Crippen LogP contribution in [0.4, 0.5) is 5.69 Å². The van der Waals surface area contributed by atoms with Gasteiger partial charge in [-0.15, -0.1) is 24.0 Å². The van der Waals surface area contributed by atoms with Gasteiger partial charge in [0.25, 0.3) is 0 Å². The van der Waals surface area contributed by atoms with Gasteiger partial charge in [-0.2, -0.15) is 0 Å². The number of benzene rings is 1. The monoisotopic (exact) mass is 526 g/mol. The topological polar surface area (TPSA) is 77.0 Å². The van der Waals surface area contributed by atoms with Crippen molar-refractivity contribution in [2.24, 2.45) is 4.99 Å². The third-order valence-corrected chi connectivity index (χ3v) is 4.83. The van der Waals surface area contributed by atoms with Gasteiger partial charge < -0.3 is 24.8 Å². The molecule has 0 bridgehead atoms. The third-order valence-electron chi connectivity index (χ3n) is 4.83. The zero-order valence-corrected chi connectivity index (χ0v) is 20.1. The van der Waals surface area contributed by atoms with Gasteiger partial charge in [-0.1, -0.05) is 6.07 Å². The summed E-state index contributed by atoms with van der Waals surface area (Å²) < 4.78 is 17.1. The lowest BCUT2D eigenvalue weighted by Crippen LogP contribution is -2.30. The highest BCUT2D eigenvalue weighted by Crippen LogP contribution is 2.30. The van der Waals surface area contributed by atoms with Crippen molar-refractivity contribution < 1.29 is 14.2 Å². The van der Waals surface area contributed by atoms with E-state index in [9.17, 15) is 0 Å². The Balaban J connectivity index is 0.00000320. The van der Waals surface area contributed by atoms with Crippen LogP contribution in [0.1, 0.15) is 38.2 Å². The number of hydrogen-bond acceptors (Lipinski definition) is 5. The first-order valence-corrected chi connectivity index (χ1v) is 10.1. The molecule has 0 amide bonds. The molecule has 1 saturated carbocycles. The maximum atomic E-state index is 6.12. The first kappa shape index (κ1) is 24.0. The van der Waals surface area contributed by atoms with Gasteiger partial charge in [0.05, 0.1) is 13.7 Å². The molecule has 0 spiro atoms. The molecule has 1 aromatic heterocycles. The van der Waals surface area contributed by atoms with E-state index in [0.29, 0.717) is 36.5 Å². The number of nitrogens with zero attached hydrogens (tertiary/aromatic N) is 2. The molecule has 0 saturated heterocycles. The first-order chi connectivity index (χ1) is 14.2. The number of aliphatic imine (C=N–C) groups is 1. The molecule has 2 N–H and O–H groups in total. The van der Waals surface area contributed by atoms with Crippen LogP contribution in [0.3, 0.4) is 0 Å². The molecule has 1 fully saturated rings. The molecule has 30 heavy (non-hydrogen) atoms. The molecule has 1 aliphatic carbocycles. The van der Waals surface area contributed by atoms with Gasteiger partial charge in [0.15, 0.2) is 17.5 Å². The molecule has 0 aliphatic heterocycles. The number of anilines is 1. The van der Waals surface area contributed by atoms with Gasteiger partial charge in [-0.3, -0.25) is 4.99 Å². The van der Waals surface area contributed by atoms with Crippen LogP contribution in [0.15, 0.2) is 41.5 Å². The van der Waals surface area contributed by atoms with Crippen LogP contribution in [-0.2, 0) is 6.54 Å². The van der Waals surface area contributed by atoms with Crippen molar-refractivity contribution in [2.75, 3.05) is 26.1 Å². The number of pyridine rings is 1. The molecule has 0 unspecified atom stereocenters. The molecule has 1 aliphatic rings. The summed E-state index contributed by atoms with van der Waals surface area (Å²) in [6.07, 6.45) is 6.71. The molecule has 0 radical (unpaired) electrons. The van der Waals surface area contributed by atoms with Gasteiger partial charge in [-0.25, -0.2) is 4.98 Å².